The predicted octanol–water partition coefficient (Wildman–Crippen LogP) is 15.4. The van der Waals surface area contributed by atoms with Crippen LogP contribution in [0.15, 0.2) is 120 Å². The van der Waals surface area contributed by atoms with Crippen molar-refractivity contribution < 1.29 is 24.5 Å². The fraction of sp³-hybridized carbons (Fsp3) is 0.322. The number of aromatic nitrogens is 5. The minimum absolute atomic E-state index is 0. The first kappa shape index (κ1) is 48.3. The van der Waals surface area contributed by atoms with E-state index < -0.39 is 13.3 Å². The zero-order valence-electron chi connectivity index (χ0n) is 40.8. The van der Waals surface area contributed by atoms with E-state index in [1.165, 1.54) is 59.9 Å². The van der Waals surface area contributed by atoms with Crippen molar-refractivity contribution in [2.45, 2.75) is 116 Å². The van der Waals surface area contributed by atoms with Crippen molar-refractivity contribution in [3.8, 4) is 39.5 Å². The van der Waals surface area contributed by atoms with Crippen molar-refractivity contribution in [2.24, 2.45) is 5.92 Å². The van der Waals surface area contributed by atoms with Gasteiger partial charge in [-0.15, -0.1) is 17.7 Å². The van der Waals surface area contributed by atoms with E-state index in [4.69, 9.17) is 19.4 Å². The number of hydrogen-bond donors (Lipinski definition) is 0. The molecule has 1 saturated carbocycles. The molecule has 1 aliphatic rings. The SMILES string of the molecule is Cc1nccc2nc(-c3[c-]cc(C(C)C)c4c3oc3ncccc34)n(-c3c(C(C)C)cc(-c4ccccc4)cc3C(C)C)c12.[CH3][Ge]([CH3])([CH3])[c]1cnc(-c2[c-]cccc2)cc1CC1CCCC1.[Ir]. The van der Waals surface area contributed by atoms with Crippen LogP contribution in [0.2, 0.25) is 17.3 Å². The van der Waals surface area contributed by atoms with E-state index in [0.29, 0.717) is 11.6 Å². The summed E-state index contributed by atoms with van der Waals surface area (Å²) in [4.78, 5) is 19.4. The Morgan fingerprint density at radius 3 is 2.10 bits per heavy atom. The van der Waals surface area contributed by atoms with Crippen LogP contribution in [0.5, 0.6) is 0 Å². The Labute approximate surface area is 413 Å². The molecule has 5 aromatic heterocycles. The van der Waals surface area contributed by atoms with E-state index in [0.717, 1.165) is 67.3 Å². The molecule has 0 amide bonds. The van der Waals surface area contributed by atoms with E-state index in [9.17, 15) is 0 Å². The van der Waals surface area contributed by atoms with Crippen molar-refractivity contribution in [1.82, 2.24) is 24.5 Å². The summed E-state index contributed by atoms with van der Waals surface area (Å²) in [6.07, 6.45) is 12.7. The Balaban J connectivity index is 0.000000223. The van der Waals surface area contributed by atoms with Gasteiger partial charge in [0.05, 0.1) is 28.1 Å². The zero-order valence-corrected chi connectivity index (χ0v) is 45.3. The molecule has 0 bridgehead atoms. The summed E-state index contributed by atoms with van der Waals surface area (Å²) in [7, 11) is 0. The predicted molar refractivity (Wildman–Crippen MR) is 278 cm³/mol. The molecule has 0 N–H and O–H groups in total. The van der Waals surface area contributed by atoms with Crippen LogP contribution in [0.4, 0.5) is 0 Å². The Morgan fingerprint density at radius 1 is 0.746 bits per heavy atom. The maximum absolute atomic E-state index is 6.57. The Hall–Kier alpha value is -5.21. The van der Waals surface area contributed by atoms with E-state index >= 15 is 0 Å². The quantitative estimate of drug-likeness (QED) is 0.101. The second-order valence-corrected chi connectivity index (χ2v) is 30.8. The molecule has 0 saturated heterocycles. The van der Waals surface area contributed by atoms with Gasteiger partial charge in [-0.05, 0) is 71.3 Å². The molecule has 1 fully saturated rings. The summed E-state index contributed by atoms with van der Waals surface area (Å²) < 4.78 is 10.5. The molecule has 345 valence electrons. The number of aryl methyl sites for hydroxylation is 1. The molecule has 67 heavy (non-hydrogen) atoms. The van der Waals surface area contributed by atoms with Crippen LogP contribution in [-0.4, -0.2) is 37.8 Å². The molecule has 1 radical (unpaired) electrons. The van der Waals surface area contributed by atoms with Crippen LogP contribution < -0.4 is 4.40 Å². The van der Waals surface area contributed by atoms with Crippen molar-refractivity contribution >= 4 is 50.8 Å². The third-order valence-corrected chi connectivity index (χ3v) is 17.8. The number of benzene rings is 4. The molecule has 9 aromatic rings. The van der Waals surface area contributed by atoms with Crippen LogP contribution in [0.1, 0.15) is 113 Å². The van der Waals surface area contributed by atoms with Gasteiger partial charge in [-0.1, -0.05) is 88.7 Å². The van der Waals surface area contributed by atoms with Gasteiger partial charge in [0.2, 0.25) is 5.71 Å². The van der Waals surface area contributed by atoms with E-state index in [-0.39, 0.29) is 31.9 Å². The molecule has 8 heteroatoms. The Morgan fingerprint density at radius 2 is 1.45 bits per heavy atom. The van der Waals surface area contributed by atoms with Crippen LogP contribution in [0.3, 0.4) is 0 Å². The summed E-state index contributed by atoms with van der Waals surface area (Å²) in [6.45, 7) is 15.6. The smallest absolute Gasteiger partial charge is 0 e. The summed E-state index contributed by atoms with van der Waals surface area (Å²) >= 11 is -1.87. The summed E-state index contributed by atoms with van der Waals surface area (Å²) in [6, 6.07) is 41.0. The minimum Gasteiger partial charge on any atom is 0 e. The average molecular weight is 1120 g/mol. The van der Waals surface area contributed by atoms with Gasteiger partial charge in [-0.25, -0.2) is 4.98 Å². The molecule has 0 spiro atoms. The average Bonchev–Trinajstić information content (AvgIpc) is 4.07. The van der Waals surface area contributed by atoms with Crippen molar-refractivity contribution in [3.05, 3.63) is 156 Å². The third-order valence-electron chi connectivity index (χ3n) is 13.5. The molecular weight excluding hydrogens is 1060 g/mol. The van der Waals surface area contributed by atoms with Crippen LogP contribution in [0.25, 0.3) is 72.6 Å². The van der Waals surface area contributed by atoms with Crippen molar-refractivity contribution in [2.75, 3.05) is 0 Å². The normalized spacial score (nSPS) is 13.3. The molecule has 5 heterocycles. The van der Waals surface area contributed by atoms with Gasteiger partial charge in [0, 0.05) is 43.6 Å². The Bertz CT molecular complexity index is 3130. The molecule has 10 rings (SSSR count). The number of furan rings is 1. The molecular formula is C59H63GeIrN5O-2. The molecule has 1 aliphatic carbocycles. The molecule has 6 nitrogen and oxygen atoms in total. The van der Waals surface area contributed by atoms with Crippen LogP contribution in [-0.2, 0) is 26.5 Å². The first-order valence-electron chi connectivity index (χ1n) is 24.0. The van der Waals surface area contributed by atoms with Gasteiger partial charge in [-0.2, -0.15) is 0 Å². The monoisotopic (exact) mass is 1120 g/mol. The Kier molecular flexibility index (Phi) is 14.5. The third kappa shape index (κ3) is 9.75. The largest absolute Gasteiger partial charge is 0 e. The van der Waals surface area contributed by atoms with Gasteiger partial charge in [-0.3, -0.25) is 9.97 Å². The van der Waals surface area contributed by atoms with Gasteiger partial charge >= 0.3 is 137 Å². The van der Waals surface area contributed by atoms with Gasteiger partial charge in [0.1, 0.15) is 0 Å². The second kappa shape index (κ2) is 20.2. The standard InChI is InChI=1S/C39H37N4O.C20H26GeN.Ir/c1-22(2)28-15-16-30(37-34(28)29-14-11-18-41-39(29)44-37)38-42-33-17-19-40-25(7)35(33)43(38)36-31(23(3)4)20-27(21-32(36)24(5)6)26-12-9-8-10-13-26;1-21(2,3)19-15-22-20(17-11-5-4-6-12-17)14-18(19)13-16-9-7-8-10-16;/h8-15,17-24H,1-7H3;4-6,11,14-16H,7-10,13H2,1-3H3;/q2*-1;. The van der Waals surface area contributed by atoms with Crippen molar-refractivity contribution in [1.29, 1.82) is 0 Å². The van der Waals surface area contributed by atoms with Crippen molar-refractivity contribution in [3.63, 3.8) is 0 Å². The van der Waals surface area contributed by atoms with E-state index in [1.807, 2.05) is 30.5 Å². The van der Waals surface area contributed by atoms with Gasteiger partial charge < -0.3 is 8.98 Å². The fourth-order valence-corrected chi connectivity index (χ4v) is 13.4. The van der Waals surface area contributed by atoms with Crippen LogP contribution in [0, 0.1) is 25.0 Å². The minimum atomic E-state index is -1.87. The zero-order chi connectivity index (χ0) is 46.3. The fourth-order valence-electron chi connectivity index (χ4n) is 10.1. The number of imidazole rings is 1. The van der Waals surface area contributed by atoms with Crippen LogP contribution >= 0.6 is 0 Å². The van der Waals surface area contributed by atoms with Gasteiger partial charge in [0.15, 0.2) is 0 Å². The number of nitrogens with zero attached hydrogens (tertiary/aromatic N) is 5. The second-order valence-electron chi connectivity index (χ2n) is 20.3. The number of hydrogen-bond acceptors (Lipinski definition) is 5. The summed E-state index contributed by atoms with van der Waals surface area (Å²) in [5, 5.41) is 2.10. The number of pyridine rings is 3. The topological polar surface area (TPSA) is 69.6 Å². The van der Waals surface area contributed by atoms with E-state index in [2.05, 4.69) is 166 Å². The summed E-state index contributed by atoms with van der Waals surface area (Å²) in [5.74, 6) is 9.92. The van der Waals surface area contributed by atoms with Gasteiger partial charge in [0.25, 0.3) is 0 Å². The maximum Gasteiger partial charge on any atom is 0 e. The molecule has 0 unspecified atom stereocenters. The molecule has 4 aromatic carbocycles. The van der Waals surface area contributed by atoms with E-state index in [1.54, 1.807) is 16.2 Å². The molecule has 0 atom stereocenters. The maximum atomic E-state index is 6.57. The number of rotatable bonds is 10. The summed E-state index contributed by atoms with van der Waals surface area (Å²) in [5.41, 5.74) is 16.1. The molecule has 0 aliphatic heterocycles. The first-order valence-corrected chi connectivity index (χ1v) is 31.4. The first-order chi connectivity index (χ1) is 31.8. The number of fused-ring (bicyclic) bond motifs is 4.